The van der Waals surface area contributed by atoms with Crippen LogP contribution in [0.2, 0.25) is 0 Å². The van der Waals surface area contributed by atoms with Gasteiger partial charge in [0.2, 0.25) is 0 Å². The Morgan fingerprint density at radius 2 is 2.00 bits per heavy atom. The van der Waals surface area contributed by atoms with E-state index in [2.05, 4.69) is 15.2 Å². The summed E-state index contributed by atoms with van der Waals surface area (Å²) in [4.78, 5) is 6.24. The lowest BCUT2D eigenvalue weighted by Crippen LogP contribution is -2.29. The van der Waals surface area contributed by atoms with Gasteiger partial charge in [-0.15, -0.1) is 0 Å². The molecule has 1 aromatic carbocycles. The molecule has 0 N–H and O–H groups in total. The lowest BCUT2D eigenvalue weighted by atomic mass is 9.95. The van der Waals surface area contributed by atoms with Gasteiger partial charge >= 0.3 is 15.6 Å². The van der Waals surface area contributed by atoms with E-state index >= 15 is 0 Å². The standard InChI is InChI=1S/C18H18F3N3O3S/c1-2-12-9-24(10-14(12)11-27-28(25,26)18(19,20)21)16-6-5-13(8-22)17-15(16)4-3-7-23-17/h3-7,12,14H,2,9-11H2,1H3/t12-,14+/m1/s1. The summed E-state index contributed by atoms with van der Waals surface area (Å²) in [5.41, 5.74) is -3.64. The van der Waals surface area contributed by atoms with Gasteiger partial charge in [0.15, 0.2) is 0 Å². The molecule has 2 heterocycles. The van der Waals surface area contributed by atoms with Gasteiger partial charge in [0, 0.05) is 36.3 Å². The van der Waals surface area contributed by atoms with E-state index in [1.54, 1.807) is 24.4 Å². The first kappa shape index (κ1) is 20.4. The fraction of sp³-hybridized carbons (Fsp3) is 0.444. The lowest BCUT2D eigenvalue weighted by Gasteiger charge is -2.21. The minimum Gasteiger partial charge on any atom is -0.370 e. The second-order valence-corrected chi connectivity index (χ2v) is 8.27. The molecule has 0 amide bonds. The average molecular weight is 413 g/mol. The zero-order valence-corrected chi connectivity index (χ0v) is 15.8. The van der Waals surface area contributed by atoms with E-state index in [4.69, 9.17) is 0 Å². The Balaban J connectivity index is 1.85. The highest BCUT2D eigenvalue weighted by Gasteiger charge is 2.48. The van der Waals surface area contributed by atoms with Crippen molar-refractivity contribution in [2.24, 2.45) is 11.8 Å². The molecule has 3 rings (SSSR count). The molecule has 0 unspecified atom stereocenters. The number of nitrogens with zero attached hydrogens (tertiary/aromatic N) is 3. The Hall–Kier alpha value is -2.38. The van der Waals surface area contributed by atoms with Crippen LogP contribution in [0.15, 0.2) is 30.5 Å². The fourth-order valence-corrected chi connectivity index (χ4v) is 4.04. The minimum absolute atomic E-state index is 0.0224. The van der Waals surface area contributed by atoms with Crippen LogP contribution in [0.5, 0.6) is 0 Å². The molecule has 6 nitrogen and oxygen atoms in total. The Bertz CT molecular complexity index is 1020. The van der Waals surface area contributed by atoms with Gasteiger partial charge in [-0.25, -0.2) is 0 Å². The molecule has 150 valence electrons. The normalized spacial score (nSPS) is 20.5. The Morgan fingerprint density at radius 1 is 1.29 bits per heavy atom. The van der Waals surface area contributed by atoms with Crippen molar-refractivity contribution in [2.45, 2.75) is 18.9 Å². The van der Waals surface area contributed by atoms with E-state index in [1.165, 1.54) is 0 Å². The van der Waals surface area contributed by atoms with Gasteiger partial charge in [0.1, 0.15) is 6.07 Å². The zero-order chi connectivity index (χ0) is 20.5. The molecular formula is C18H18F3N3O3S. The Morgan fingerprint density at radius 3 is 2.64 bits per heavy atom. The number of fused-ring (bicyclic) bond motifs is 1. The summed E-state index contributed by atoms with van der Waals surface area (Å²) in [7, 11) is -5.61. The zero-order valence-electron chi connectivity index (χ0n) is 15.0. The van der Waals surface area contributed by atoms with Crippen LogP contribution in [-0.4, -0.2) is 38.6 Å². The maximum atomic E-state index is 12.5. The molecule has 0 bridgehead atoms. The van der Waals surface area contributed by atoms with Crippen molar-refractivity contribution in [3.05, 3.63) is 36.0 Å². The molecular weight excluding hydrogens is 395 g/mol. The molecule has 1 aliphatic heterocycles. The molecule has 1 fully saturated rings. The van der Waals surface area contributed by atoms with Crippen LogP contribution in [0.1, 0.15) is 18.9 Å². The number of hydrogen-bond donors (Lipinski definition) is 0. The summed E-state index contributed by atoms with van der Waals surface area (Å²) < 4.78 is 64.2. The molecule has 2 atom stereocenters. The third-order valence-electron chi connectivity index (χ3n) is 5.03. The van der Waals surface area contributed by atoms with Crippen LogP contribution in [0, 0.1) is 23.2 Å². The monoisotopic (exact) mass is 413 g/mol. The van der Waals surface area contributed by atoms with E-state index in [0.29, 0.717) is 30.6 Å². The van der Waals surface area contributed by atoms with Crippen LogP contribution >= 0.6 is 0 Å². The third kappa shape index (κ3) is 3.77. The van der Waals surface area contributed by atoms with Crippen molar-refractivity contribution in [2.75, 3.05) is 24.6 Å². The molecule has 1 aliphatic rings. The van der Waals surface area contributed by atoms with E-state index < -0.39 is 22.2 Å². The number of pyridine rings is 1. The summed E-state index contributed by atoms with van der Waals surface area (Å²) in [6.07, 6.45) is 2.26. The van der Waals surface area contributed by atoms with E-state index in [0.717, 1.165) is 11.1 Å². The highest BCUT2D eigenvalue weighted by atomic mass is 32.2. The number of benzene rings is 1. The number of anilines is 1. The maximum absolute atomic E-state index is 12.5. The van der Waals surface area contributed by atoms with Crippen molar-refractivity contribution in [3.63, 3.8) is 0 Å². The Kier molecular flexibility index (Phi) is 5.50. The highest BCUT2D eigenvalue weighted by molar-refractivity contribution is 7.87. The van der Waals surface area contributed by atoms with E-state index in [1.807, 2.05) is 17.9 Å². The van der Waals surface area contributed by atoms with E-state index in [-0.39, 0.29) is 11.8 Å². The number of hydrogen-bond acceptors (Lipinski definition) is 6. The van der Waals surface area contributed by atoms with Gasteiger partial charge in [-0.2, -0.15) is 26.9 Å². The summed E-state index contributed by atoms with van der Waals surface area (Å²) in [5, 5.41) is 10.0. The molecule has 1 saturated heterocycles. The van der Waals surface area contributed by atoms with Crippen LogP contribution < -0.4 is 4.90 Å². The van der Waals surface area contributed by atoms with Crippen molar-refractivity contribution < 1.29 is 25.8 Å². The van der Waals surface area contributed by atoms with Crippen LogP contribution in [0.25, 0.3) is 10.9 Å². The number of halogens is 3. The van der Waals surface area contributed by atoms with E-state index in [9.17, 15) is 26.9 Å². The molecule has 1 aromatic heterocycles. The first-order valence-corrected chi connectivity index (χ1v) is 10.1. The van der Waals surface area contributed by atoms with Gasteiger partial charge in [0.25, 0.3) is 0 Å². The predicted octanol–water partition coefficient (Wildman–Crippen LogP) is 3.44. The minimum atomic E-state index is -5.61. The first-order valence-electron chi connectivity index (χ1n) is 8.66. The number of aromatic nitrogens is 1. The van der Waals surface area contributed by atoms with Crippen LogP contribution in [-0.2, 0) is 14.3 Å². The van der Waals surface area contributed by atoms with Crippen molar-refractivity contribution >= 4 is 26.7 Å². The summed E-state index contributed by atoms with van der Waals surface area (Å²) >= 11 is 0. The van der Waals surface area contributed by atoms with Gasteiger partial charge in [-0.3, -0.25) is 9.17 Å². The van der Waals surface area contributed by atoms with Crippen molar-refractivity contribution in [3.8, 4) is 6.07 Å². The number of nitriles is 1. The Labute approximate surface area is 160 Å². The highest BCUT2D eigenvalue weighted by Crippen LogP contribution is 2.36. The predicted molar refractivity (Wildman–Crippen MR) is 96.9 cm³/mol. The molecule has 10 heteroatoms. The topological polar surface area (TPSA) is 83.3 Å². The first-order chi connectivity index (χ1) is 13.2. The van der Waals surface area contributed by atoms with Crippen LogP contribution in [0.4, 0.5) is 18.9 Å². The maximum Gasteiger partial charge on any atom is 0.523 e. The van der Waals surface area contributed by atoms with Crippen molar-refractivity contribution in [1.29, 1.82) is 5.26 Å². The molecule has 0 aliphatic carbocycles. The second-order valence-electron chi connectivity index (χ2n) is 6.66. The molecule has 0 saturated carbocycles. The SMILES string of the molecule is CC[C@@H]1CN(c2ccc(C#N)c3ncccc23)C[C@H]1COS(=O)(=O)C(F)(F)F. The van der Waals surface area contributed by atoms with Gasteiger partial charge < -0.3 is 4.90 Å². The molecule has 0 radical (unpaired) electrons. The van der Waals surface area contributed by atoms with Gasteiger partial charge in [0.05, 0.1) is 17.7 Å². The third-order valence-corrected chi connectivity index (χ3v) is 6.04. The number of rotatable bonds is 5. The average Bonchev–Trinajstić information content (AvgIpc) is 3.07. The fourth-order valence-electron chi connectivity index (χ4n) is 3.55. The van der Waals surface area contributed by atoms with Gasteiger partial charge in [-0.1, -0.05) is 13.3 Å². The molecule has 28 heavy (non-hydrogen) atoms. The smallest absolute Gasteiger partial charge is 0.370 e. The molecule has 0 spiro atoms. The second kappa shape index (κ2) is 7.56. The van der Waals surface area contributed by atoms with Crippen LogP contribution in [0.3, 0.4) is 0 Å². The van der Waals surface area contributed by atoms with Gasteiger partial charge in [-0.05, 0) is 30.2 Å². The largest absolute Gasteiger partial charge is 0.523 e. The van der Waals surface area contributed by atoms with Crippen molar-refractivity contribution in [1.82, 2.24) is 4.98 Å². The summed E-state index contributed by atoms with van der Waals surface area (Å²) in [5.74, 6) is -0.393. The summed E-state index contributed by atoms with van der Waals surface area (Å²) in [6, 6.07) is 9.11. The molecule has 2 aromatic rings. The summed E-state index contributed by atoms with van der Waals surface area (Å²) in [6.45, 7) is 2.27. The lowest BCUT2D eigenvalue weighted by molar-refractivity contribution is -0.0552. The quantitative estimate of drug-likeness (QED) is 0.552. The number of alkyl halides is 3.